The Kier molecular flexibility index (Phi) is 5.35. The molecule has 1 aromatic rings. The molecule has 1 aliphatic heterocycles. The van der Waals surface area contributed by atoms with Gasteiger partial charge >= 0.3 is 0 Å². The fourth-order valence-corrected chi connectivity index (χ4v) is 3.22. The predicted molar refractivity (Wildman–Crippen MR) is 84.7 cm³/mol. The van der Waals surface area contributed by atoms with Crippen molar-refractivity contribution in [2.24, 2.45) is 0 Å². The predicted octanol–water partition coefficient (Wildman–Crippen LogP) is 1.48. The Labute approximate surface area is 130 Å². The van der Waals surface area contributed by atoms with Crippen molar-refractivity contribution in [2.75, 3.05) is 19.7 Å². The van der Waals surface area contributed by atoms with Gasteiger partial charge in [0.25, 0.3) is 0 Å². The molecule has 21 heavy (non-hydrogen) atoms. The highest BCUT2D eigenvalue weighted by atomic mass is 32.1. The quantitative estimate of drug-likeness (QED) is 0.884. The van der Waals surface area contributed by atoms with E-state index in [0.717, 1.165) is 23.7 Å². The molecule has 1 aromatic heterocycles. The SMILES string of the molecule is C[C@H]1OCCN[C@@H]1C(=O)NCCc1nc(C(C)(C)C)cs1. The molecule has 0 spiro atoms. The third-order valence-corrected chi connectivity index (χ3v) is 4.47. The van der Waals surface area contributed by atoms with E-state index in [1.54, 1.807) is 11.3 Å². The largest absolute Gasteiger partial charge is 0.375 e. The summed E-state index contributed by atoms with van der Waals surface area (Å²) in [6.07, 6.45) is 0.695. The van der Waals surface area contributed by atoms with E-state index in [9.17, 15) is 4.79 Å². The molecular weight excluding hydrogens is 286 g/mol. The van der Waals surface area contributed by atoms with Crippen LogP contribution in [-0.2, 0) is 21.4 Å². The Morgan fingerprint density at radius 2 is 2.33 bits per heavy atom. The fraction of sp³-hybridized carbons (Fsp3) is 0.733. The van der Waals surface area contributed by atoms with Gasteiger partial charge in [0.1, 0.15) is 6.04 Å². The lowest BCUT2D eigenvalue weighted by Gasteiger charge is -2.29. The number of aromatic nitrogens is 1. The number of rotatable bonds is 4. The van der Waals surface area contributed by atoms with Gasteiger partial charge in [0.2, 0.25) is 5.91 Å². The van der Waals surface area contributed by atoms with Crippen LogP contribution in [0.15, 0.2) is 5.38 Å². The van der Waals surface area contributed by atoms with Gasteiger partial charge in [-0.05, 0) is 6.92 Å². The first-order chi connectivity index (χ1) is 9.88. The van der Waals surface area contributed by atoms with Crippen LogP contribution < -0.4 is 10.6 Å². The van der Waals surface area contributed by atoms with Crippen molar-refractivity contribution in [3.8, 4) is 0 Å². The maximum atomic E-state index is 12.1. The number of nitrogens with one attached hydrogen (secondary N) is 2. The Hall–Kier alpha value is -0.980. The highest BCUT2D eigenvalue weighted by Gasteiger charge is 2.27. The summed E-state index contributed by atoms with van der Waals surface area (Å²) in [4.78, 5) is 16.7. The standard InChI is InChI=1S/C15H25N3O2S/c1-10-13(16-7-8-20-10)14(19)17-6-5-12-18-11(9-21-12)15(2,3)4/h9-10,13,16H,5-8H2,1-4H3,(H,17,19)/t10-,13+/m1/s1. The molecule has 0 bridgehead atoms. The van der Waals surface area contributed by atoms with Crippen LogP contribution in [0.1, 0.15) is 38.4 Å². The van der Waals surface area contributed by atoms with Gasteiger partial charge in [-0.1, -0.05) is 20.8 Å². The first kappa shape index (κ1) is 16.4. The summed E-state index contributed by atoms with van der Waals surface area (Å²) in [6.45, 7) is 10.4. The van der Waals surface area contributed by atoms with Crippen LogP contribution in [0.5, 0.6) is 0 Å². The van der Waals surface area contributed by atoms with Crippen molar-refractivity contribution in [1.82, 2.24) is 15.6 Å². The highest BCUT2D eigenvalue weighted by molar-refractivity contribution is 7.09. The molecule has 2 N–H and O–H groups in total. The second-order valence-corrected chi connectivity index (χ2v) is 7.37. The summed E-state index contributed by atoms with van der Waals surface area (Å²) in [6, 6.07) is -0.250. The van der Waals surface area contributed by atoms with Crippen LogP contribution in [0.2, 0.25) is 0 Å². The van der Waals surface area contributed by atoms with Crippen molar-refractivity contribution in [2.45, 2.75) is 51.7 Å². The highest BCUT2D eigenvalue weighted by Crippen LogP contribution is 2.23. The van der Waals surface area contributed by atoms with E-state index in [1.807, 2.05) is 6.92 Å². The zero-order chi connectivity index (χ0) is 15.5. The van der Waals surface area contributed by atoms with Crippen molar-refractivity contribution in [3.05, 3.63) is 16.1 Å². The van der Waals surface area contributed by atoms with Gasteiger partial charge in [-0.3, -0.25) is 4.79 Å². The average Bonchev–Trinajstić information content (AvgIpc) is 2.88. The second kappa shape index (κ2) is 6.85. The number of hydrogen-bond donors (Lipinski definition) is 2. The van der Waals surface area contributed by atoms with Crippen LogP contribution in [0.25, 0.3) is 0 Å². The number of thiazole rings is 1. The zero-order valence-corrected chi connectivity index (χ0v) is 14.0. The molecule has 0 aromatic carbocycles. The van der Waals surface area contributed by atoms with Crippen LogP contribution >= 0.6 is 11.3 Å². The molecule has 2 atom stereocenters. The smallest absolute Gasteiger partial charge is 0.239 e. The van der Waals surface area contributed by atoms with Crippen molar-refractivity contribution in [1.29, 1.82) is 0 Å². The molecule has 0 saturated carbocycles. The van der Waals surface area contributed by atoms with Gasteiger partial charge in [-0.2, -0.15) is 0 Å². The maximum Gasteiger partial charge on any atom is 0.239 e. The van der Waals surface area contributed by atoms with E-state index in [-0.39, 0.29) is 23.5 Å². The molecule has 1 saturated heterocycles. The minimum atomic E-state index is -0.250. The van der Waals surface area contributed by atoms with Gasteiger partial charge in [-0.15, -0.1) is 11.3 Å². The maximum absolute atomic E-state index is 12.1. The molecule has 1 amide bonds. The molecule has 1 aliphatic rings. The minimum absolute atomic E-state index is 0.00907. The fourth-order valence-electron chi connectivity index (χ4n) is 2.20. The Morgan fingerprint density at radius 1 is 1.57 bits per heavy atom. The minimum Gasteiger partial charge on any atom is -0.375 e. The second-order valence-electron chi connectivity index (χ2n) is 6.43. The lowest BCUT2D eigenvalue weighted by molar-refractivity contribution is -0.128. The van der Waals surface area contributed by atoms with Gasteiger partial charge in [0.15, 0.2) is 0 Å². The summed E-state index contributed by atoms with van der Waals surface area (Å²) < 4.78 is 5.48. The molecule has 2 heterocycles. The summed E-state index contributed by atoms with van der Waals surface area (Å²) in [5.74, 6) is 0.00907. The summed E-state index contributed by atoms with van der Waals surface area (Å²) in [5, 5.41) is 9.33. The number of carbonyl (C=O) groups is 1. The summed E-state index contributed by atoms with van der Waals surface area (Å²) >= 11 is 1.66. The van der Waals surface area contributed by atoms with Gasteiger partial charge in [-0.25, -0.2) is 4.98 Å². The monoisotopic (exact) mass is 311 g/mol. The van der Waals surface area contributed by atoms with E-state index in [0.29, 0.717) is 13.2 Å². The number of carbonyl (C=O) groups excluding carboxylic acids is 1. The Morgan fingerprint density at radius 3 is 2.95 bits per heavy atom. The van der Waals surface area contributed by atoms with E-state index >= 15 is 0 Å². The summed E-state index contributed by atoms with van der Waals surface area (Å²) in [5.41, 5.74) is 1.20. The number of amides is 1. The van der Waals surface area contributed by atoms with Crippen LogP contribution in [0.4, 0.5) is 0 Å². The van der Waals surface area contributed by atoms with Crippen molar-refractivity contribution < 1.29 is 9.53 Å². The first-order valence-electron chi connectivity index (χ1n) is 7.45. The van der Waals surface area contributed by atoms with Gasteiger partial charge in [0.05, 0.1) is 23.4 Å². The van der Waals surface area contributed by atoms with Gasteiger partial charge in [0, 0.05) is 30.3 Å². The molecule has 118 valence electrons. The third kappa shape index (κ3) is 4.49. The normalized spacial score (nSPS) is 23.0. The Bertz CT molecular complexity index is 482. The van der Waals surface area contributed by atoms with Crippen LogP contribution in [0, 0.1) is 0 Å². The topological polar surface area (TPSA) is 63.2 Å². The first-order valence-corrected chi connectivity index (χ1v) is 8.33. The molecule has 1 fully saturated rings. The van der Waals surface area contributed by atoms with Crippen LogP contribution in [0.3, 0.4) is 0 Å². The van der Waals surface area contributed by atoms with E-state index < -0.39 is 0 Å². The number of ether oxygens (including phenoxy) is 1. The van der Waals surface area contributed by atoms with Crippen molar-refractivity contribution in [3.63, 3.8) is 0 Å². The molecule has 6 heteroatoms. The van der Waals surface area contributed by atoms with Crippen molar-refractivity contribution >= 4 is 17.2 Å². The molecular formula is C15H25N3O2S. The number of morpholine rings is 1. The molecule has 2 rings (SSSR count). The lowest BCUT2D eigenvalue weighted by atomic mass is 9.93. The number of hydrogen-bond acceptors (Lipinski definition) is 5. The van der Waals surface area contributed by atoms with E-state index in [2.05, 4.69) is 41.8 Å². The molecule has 0 aliphatic carbocycles. The third-order valence-electron chi connectivity index (χ3n) is 3.56. The zero-order valence-electron chi connectivity index (χ0n) is 13.2. The van der Waals surface area contributed by atoms with Crippen LogP contribution in [-0.4, -0.2) is 42.7 Å². The van der Waals surface area contributed by atoms with E-state index in [1.165, 1.54) is 0 Å². The van der Waals surface area contributed by atoms with E-state index in [4.69, 9.17) is 4.74 Å². The molecule has 5 nitrogen and oxygen atoms in total. The number of nitrogens with zero attached hydrogens (tertiary/aromatic N) is 1. The molecule has 0 unspecified atom stereocenters. The van der Waals surface area contributed by atoms with Gasteiger partial charge < -0.3 is 15.4 Å². The summed E-state index contributed by atoms with van der Waals surface area (Å²) in [7, 11) is 0. The lowest BCUT2D eigenvalue weighted by Crippen LogP contribution is -2.55. The average molecular weight is 311 g/mol. The molecule has 0 radical (unpaired) electrons. The Balaban J connectivity index is 1.78.